The summed E-state index contributed by atoms with van der Waals surface area (Å²) in [6.45, 7) is 5.74. The van der Waals surface area contributed by atoms with Gasteiger partial charge in [0.05, 0.1) is 17.7 Å². The highest BCUT2D eigenvalue weighted by Crippen LogP contribution is 2.36. The van der Waals surface area contributed by atoms with E-state index in [2.05, 4.69) is 11.8 Å². The second-order valence-electron chi connectivity index (χ2n) is 5.94. The molecule has 0 aromatic rings. The van der Waals surface area contributed by atoms with Gasteiger partial charge in [0.25, 0.3) is 0 Å². The minimum Gasteiger partial charge on any atom is -0.379 e. The van der Waals surface area contributed by atoms with Crippen LogP contribution in [0.2, 0.25) is 0 Å². The zero-order valence-electron chi connectivity index (χ0n) is 12.6. The zero-order valence-corrected chi connectivity index (χ0v) is 12.6. The van der Waals surface area contributed by atoms with Crippen molar-refractivity contribution in [2.24, 2.45) is 5.73 Å². The molecule has 3 unspecified atom stereocenters. The van der Waals surface area contributed by atoms with Crippen LogP contribution >= 0.6 is 0 Å². The number of ether oxygens (including phenoxy) is 2. The van der Waals surface area contributed by atoms with Crippen molar-refractivity contribution in [2.75, 3.05) is 33.4 Å². The van der Waals surface area contributed by atoms with Crippen molar-refractivity contribution in [3.63, 3.8) is 0 Å². The van der Waals surface area contributed by atoms with Crippen LogP contribution in [0.5, 0.6) is 0 Å². The second-order valence-corrected chi connectivity index (χ2v) is 5.94. The number of rotatable bonds is 5. The van der Waals surface area contributed by atoms with Crippen molar-refractivity contribution in [1.82, 2.24) is 4.90 Å². The molecule has 19 heavy (non-hydrogen) atoms. The Morgan fingerprint density at radius 1 is 1.26 bits per heavy atom. The molecule has 1 saturated heterocycles. The molecular formula is C15H30N2O2. The molecule has 0 aromatic carbocycles. The molecule has 0 spiro atoms. The van der Waals surface area contributed by atoms with Crippen LogP contribution in [0.25, 0.3) is 0 Å². The fourth-order valence-electron chi connectivity index (χ4n) is 3.97. The molecule has 0 amide bonds. The van der Waals surface area contributed by atoms with Crippen molar-refractivity contribution in [1.29, 1.82) is 0 Å². The molecule has 0 aromatic heterocycles. The van der Waals surface area contributed by atoms with Gasteiger partial charge in [-0.2, -0.15) is 0 Å². The van der Waals surface area contributed by atoms with Gasteiger partial charge in [-0.05, 0) is 39.2 Å². The summed E-state index contributed by atoms with van der Waals surface area (Å²) in [5, 5.41) is 0. The molecule has 2 rings (SSSR count). The maximum absolute atomic E-state index is 6.19. The quantitative estimate of drug-likeness (QED) is 0.827. The van der Waals surface area contributed by atoms with Crippen molar-refractivity contribution in [3.8, 4) is 0 Å². The molecular weight excluding hydrogens is 240 g/mol. The standard InChI is InChI=1S/C15H30N2O2/c1-3-19-13-7-6-10-17(11-13)15(12-16)9-5-4-8-14(15)18-2/h13-14H,3-12,16H2,1-2H3. The van der Waals surface area contributed by atoms with Crippen LogP contribution in [0, 0.1) is 0 Å². The summed E-state index contributed by atoms with van der Waals surface area (Å²) in [7, 11) is 1.84. The van der Waals surface area contributed by atoms with Gasteiger partial charge >= 0.3 is 0 Å². The average Bonchev–Trinajstić information content (AvgIpc) is 2.47. The number of likely N-dealkylation sites (tertiary alicyclic amines) is 1. The zero-order chi connectivity index (χ0) is 13.7. The van der Waals surface area contributed by atoms with E-state index >= 15 is 0 Å². The summed E-state index contributed by atoms with van der Waals surface area (Å²) in [4.78, 5) is 2.57. The van der Waals surface area contributed by atoms with Gasteiger partial charge in [0.15, 0.2) is 0 Å². The number of methoxy groups -OCH3 is 1. The third-order valence-electron chi connectivity index (χ3n) is 4.97. The Labute approximate surface area is 117 Å². The highest BCUT2D eigenvalue weighted by Gasteiger charge is 2.46. The van der Waals surface area contributed by atoms with E-state index < -0.39 is 0 Å². The first-order valence-corrected chi connectivity index (χ1v) is 7.86. The maximum Gasteiger partial charge on any atom is 0.0767 e. The summed E-state index contributed by atoms with van der Waals surface area (Å²) in [6, 6.07) is 0. The second kappa shape index (κ2) is 7.02. The first kappa shape index (κ1) is 15.2. The molecule has 2 aliphatic rings. The lowest BCUT2D eigenvalue weighted by Gasteiger charge is -2.52. The fourth-order valence-corrected chi connectivity index (χ4v) is 3.97. The molecule has 1 heterocycles. The van der Waals surface area contributed by atoms with Gasteiger partial charge in [0.2, 0.25) is 0 Å². The Morgan fingerprint density at radius 3 is 2.79 bits per heavy atom. The third kappa shape index (κ3) is 3.13. The van der Waals surface area contributed by atoms with Gasteiger partial charge in [-0.15, -0.1) is 0 Å². The van der Waals surface area contributed by atoms with Crippen molar-refractivity contribution < 1.29 is 9.47 Å². The van der Waals surface area contributed by atoms with Gasteiger partial charge in [-0.25, -0.2) is 0 Å². The van der Waals surface area contributed by atoms with E-state index in [9.17, 15) is 0 Å². The largest absolute Gasteiger partial charge is 0.379 e. The van der Waals surface area contributed by atoms with E-state index in [4.69, 9.17) is 15.2 Å². The highest BCUT2D eigenvalue weighted by molar-refractivity contribution is 5.02. The maximum atomic E-state index is 6.19. The van der Waals surface area contributed by atoms with Crippen LogP contribution in [0.15, 0.2) is 0 Å². The summed E-state index contributed by atoms with van der Waals surface area (Å²) < 4.78 is 11.6. The molecule has 112 valence electrons. The Morgan fingerprint density at radius 2 is 2.11 bits per heavy atom. The number of piperidine rings is 1. The lowest BCUT2D eigenvalue weighted by molar-refractivity contribution is -0.106. The number of nitrogens with two attached hydrogens (primary N) is 1. The van der Waals surface area contributed by atoms with E-state index in [1.807, 2.05) is 7.11 Å². The molecule has 1 saturated carbocycles. The predicted octanol–water partition coefficient (Wildman–Crippen LogP) is 1.77. The molecule has 4 nitrogen and oxygen atoms in total. The Balaban J connectivity index is 2.10. The lowest BCUT2D eigenvalue weighted by Crippen LogP contribution is -2.65. The minimum atomic E-state index is 0.0444. The van der Waals surface area contributed by atoms with Gasteiger partial charge in [-0.3, -0.25) is 4.90 Å². The van der Waals surface area contributed by atoms with E-state index in [1.165, 1.54) is 32.1 Å². The summed E-state index contributed by atoms with van der Waals surface area (Å²) in [6.07, 6.45) is 7.90. The van der Waals surface area contributed by atoms with Gasteiger partial charge < -0.3 is 15.2 Å². The van der Waals surface area contributed by atoms with E-state index in [0.717, 1.165) is 26.1 Å². The first-order valence-electron chi connectivity index (χ1n) is 7.86. The molecule has 1 aliphatic heterocycles. The average molecular weight is 270 g/mol. The summed E-state index contributed by atoms with van der Waals surface area (Å²) in [5.41, 5.74) is 6.24. The summed E-state index contributed by atoms with van der Waals surface area (Å²) in [5.74, 6) is 0. The van der Waals surface area contributed by atoms with Crippen LogP contribution in [0.3, 0.4) is 0 Å². The molecule has 2 fully saturated rings. The molecule has 0 radical (unpaired) electrons. The Hall–Kier alpha value is -0.160. The lowest BCUT2D eigenvalue weighted by atomic mass is 9.76. The molecule has 1 aliphatic carbocycles. The smallest absolute Gasteiger partial charge is 0.0767 e. The van der Waals surface area contributed by atoms with Crippen molar-refractivity contribution >= 4 is 0 Å². The predicted molar refractivity (Wildman–Crippen MR) is 77.3 cm³/mol. The fraction of sp³-hybridized carbons (Fsp3) is 1.00. The van der Waals surface area contributed by atoms with Crippen LogP contribution in [-0.4, -0.2) is 56.0 Å². The van der Waals surface area contributed by atoms with Gasteiger partial charge in [-0.1, -0.05) is 12.8 Å². The van der Waals surface area contributed by atoms with Crippen LogP contribution in [0.4, 0.5) is 0 Å². The van der Waals surface area contributed by atoms with Gasteiger partial charge in [0.1, 0.15) is 0 Å². The third-order valence-corrected chi connectivity index (χ3v) is 4.97. The van der Waals surface area contributed by atoms with E-state index in [-0.39, 0.29) is 11.6 Å². The van der Waals surface area contributed by atoms with Crippen molar-refractivity contribution in [2.45, 2.75) is 63.2 Å². The first-order chi connectivity index (χ1) is 9.26. The van der Waals surface area contributed by atoms with Crippen LogP contribution in [0.1, 0.15) is 45.4 Å². The molecule has 4 heteroatoms. The normalized spacial score (nSPS) is 37.4. The Kier molecular flexibility index (Phi) is 5.63. The van der Waals surface area contributed by atoms with Gasteiger partial charge in [0, 0.05) is 26.8 Å². The number of hydrogen-bond acceptors (Lipinski definition) is 4. The van der Waals surface area contributed by atoms with E-state index in [0.29, 0.717) is 12.6 Å². The monoisotopic (exact) mass is 270 g/mol. The SMILES string of the molecule is CCOC1CCCN(C2(CN)CCCCC2OC)C1. The highest BCUT2D eigenvalue weighted by atomic mass is 16.5. The molecule has 0 bridgehead atoms. The Bertz CT molecular complexity index is 273. The number of nitrogens with zero attached hydrogens (tertiary/aromatic N) is 1. The van der Waals surface area contributed by atoms with Crippen molar-refractivity contribution in [3.05, 3.63) is 0 Å². The molecule has 3 atom stereocenters. The minimum absolute atomic E-state index is 0.0444. The van der Waals surface area contributed by atoms with Crippen LogP contribution < -0.4 is 5.73 Å². The topological polar surface area (TPSA) is 47.7 Å². The summed E-state index contributed by atoms with van der Waals surface area (Å²) >= 11 is 0. The van der Waals surface area contributed by atoms with Crippen LogP contribution in [-0.2, 0) is 9.47 Å². The van der Waals surface area contributed by atoms with E-state index in [1.54, 1.807) is 0 Å². The number of hydrogen-bond donors (Lipinski definition) is 1. The molecule has 2 N–H and O–H groups in total.